The molecule has 2 aliphatic rings. The van der Waals surface area contributed by atoms with Gasteiger partial charge >= 0.3 is 11.9 Å². The minimum Gasteiger partial charge on any atom is -0.455 e. The molecule has 2 aliphatic heterocycles. The van der Waals surface area contributed by atoms with Crippen LogP contribution in [-0.4, -0.2) is 56.4 Å². The van der Waals surface area contributed by atoms with Crippen LogP contribution in [0.15, 0.2) is 60.7 Å². The van der Waals surface area contributed by atoms with Crippen molar-refractivity contribution in [3.8, 4) is 0 Å². The van der Waals surface area contributed by atoms with Crippen LogP contribution in [0.25, 0.3) is 0 Å². The van der Waals surface area contributed by atoms with Gasteiger partial charge in [-0.25, -0.2) is 4.79 Å². The molecule has 4 rings (SSSR count). The third-order valence-corrected chi connectivity index (χ3v) is 5.70. The summed E-state index contributed by atoms with van der Waals surface area (Å²) in [5.74, 6) is -1.04. The van der Waals surface area contributed by atoms with Crippen LogP contribution in [0.4, 0.5) is 0 Å². The molecule has 0 spiro atoms. The highest BCUT2D eigenvalue weighted by Gasteiger charge is 2.54. The topological polar surface area (TPSA) is 89.5 Å². The van der Waals surface area contributed by atoms with Crippen molar-refractivity contribution in [1.82, 2.24) is 0 Å². The summed E-state index contributed by atoms with van der Waals surface area (Å²) >= 11 is 0. The van der Waals surface area contributed by atoms with Gasteiger partial charge in [0.15, 0.2) is 24.8 Å². The summed E-state index contributed by atoms with van der Waals surface area (Å²) in [6.45, 7) is 5.45. The molecule has 2 aromatic carbocycles. The van der Waals surface area contributed by atoms with Crippen LogP contribution in [0.1, 0.15) is 43.0 Å². The first-order chi connectivity index (χ1) is 16.3. The molecular weight excluding hydrogens is 440 g/mol. The zero-order valence-electron chi connectivity index (χ0n) is 19.7. The van der Waals surface area contributed by atoms with Crippen molar-refractivity contribution in [2.75, 3.05) is 13.7 Å². The second-order valence-corrected chi connectivity index (χ2v) is 9.31. The highest BCUT2D eigenvalue weighted by molar-refractivity contribution is 5.89. The first-order valence-corrected chi connectivity index (χ1v) is 11.3. The average Bonchev–Trinajstić information content (AvgIpc) is 2.85. The molecule has 2 aromatic rings. The van der Waals surface area contributed by atoms with Crippen molar-refractivity contribution in [2.45, 2.75) is 57.8 Å². The monoisotopic (exact) mass is 470 g/mol. The number of esters is 2. The number of ether oxygens (including phenoxy) is 6. The van der Waals surface area contributed by atoms with Crippen LogP contribution >= 0.6 is 0 Å². The third kappa shape index (κ3) is 5.31. The molecule has 0 N–H and O–H groups in total. The van der Waals surface area contributed by atoms with Gasteiger partial charge in [0.25, 0.3) is 0 Å². The molecule has 0 radical (unpaired) electrons. The lowest BCUT2D eigenvalue weighted by molar-refractivity contribution is -0.358. The van der Waals surface area contributed by atoms with Crippen molar-refractivity contribution >= 4 is 11.9 Å². The number of hydrogen-bond acceptors (Lipinski definition) is 8. The van der Waals surface area contributed by atoms with Gasteiger partial charge in [-0.05, 0) is 32.9 Å². The van der Waals surface area contributed by atoms with Gasteiger partial charge in [-0.1, -0.05) is 48.5 Å². The Labute approximate surface area is 199 Å². The van der Waals surface area contributed by atoms with E-state index in [4.69, 9.17) is 28.4 Å². The Morgan fingerprint density at radius 2 is 1.53 bits per heavy atom. The van der Waals surface area contributed by atoms with Gasteiger partial charge in [-0.15, -0.1) is 0 Å². The highest BCUT2D eigenvalue weighted by Crippen LogP contribution is 2.37. The molecule has 1 unspecified atom stereocenters. The van der Waals surface area contributed by atoms with Crippen molar-refractivity contribution < 1.29 is 38.0 Å². The molecule has 2 heterocycles. The van der Waals surface area contributed by atoms with E-state index in [-0.39, 0.29) is 6.61 Å². The first kappa shape index (κ1) is 24.3. The molecule has 0 aliphatic carbocycles. The van der Waals surface area contributed by atoms with Crippen LogP contribution < -0.4 is 0 Å². The van der Waals surface area contributed by atoms with Gasteiger partial charge in [0, 0.05) is 12.7 Å². The van der Waals surface area contributed by atoms with Crippen LogP contribution in [0.5, 0.6) is 0 Å². The molecule has 8 heteroatoms. The summed E-state index contributed by atoms with van der Waals surface area (Å²) in [5.41, 5.74) is 0.387. The summed E-state index contributed by atoms with van der Waals surface area (Å²) in [4.78, 5) is 25.8. The molecule has 6 atom stereocenters. The van der Waals surface area contributed by atoms with Crippen LogP contribution in [-0.2, 0) is 33.2 Å². The summed E-state index contributed by atoms with van der Waals surface area (Å²) in [7, 11) is 1.44. The van der Waals surface area contributed by atoms with E-state index >= 15 is 0 Å². The number of carbonyl (C=O) groups excluding carboxylic acids is 2. The Hall–Kier alpha value is -2.78. The fourth-order valence-corrected chi connectivity index (χ4v) is 3.84. The van der Waals surface area contributed by atoms with Gasteiger partial charge in [0.1, 0.15) is 12.2 Å². The van der Waals surface area contributed by atoms with Gasteiger partial charge in [-0.3, -0.25) is 4.79 Å². The Morgan fingerprint density at radius 3 is 2.15 bits per heavy atom. The average molecular weight is 471 g/mol. The lowest BCUT2D eigenvalue weighted by Gasteiger charge is -2.48. The van der Waals surface area contributed by atoms with E-state index in [0.717, 1.165) is 5.56 Å². The molecule has 0 saturated carbocycles. The number of carbonyl (C=O) groups is 2. The van der Waals surface area contributed by atoms with E-state index in [1.165, 1.54) is 7.11 Å². The maximum Gasteiger partial charge on any atom is 0.338 e. The van der Waals surface area contributed by atoms with E-state index in [1.54, 1.807) is 51.1 Å². The number of fused-ring (bicyclic) bond motifs is 1. The van der Waals surface area contributed by atoms with E-state index in [9.17, 15) is 9.59 Å². The predicted molar refractivity (Wildman–Crippen MR) is 121 cm³/mol. The number of hydrogen-bond donors (Lipinski definition) is 0. The van der Waals surface area contributed by atoms with Gasteiger partial charge in [0.05, 0.1) is 17.6 Å². The second kappa shape index (κ2) is 10.2. The van der Waals surface area contributed by atoms with Gasteiger partial charge in [-0.2, -0.15) is 0 Å². The number of rotatable bonds is 5. The molecule has 2 saturated heterocycles. The maximum atomic E-state index is 12.9. The van der Waals surface area contributed by atoms with Crippen molar-refractivity contribution in [3.63, 3.8) is 0 Å². The van der Waals surface area contributed by atoms with Crippen LogP contribution in [0.2, 0.25) is 0 Å². The standard InChI is InChI=1S/C26H30O8/c1-26(2,3)25(28)34-20-19-18(15-30-23(33-19)17-13-9-6-10-14-17)31-24(29-4)21(20)32-22(27)16-11-7-5-8-12-16/h5-14,18-21,23-24H,15H2,1-4H3/t18-,19-,20+,21-,23?,24+/m1/s1. The summed E-state index contributed by atoms with van der Waals surface area (Å²) in [6, 6.07) is 18.0. The second-order valence-electron chi connectivity index (χ2n) is 9.31. The Morgan fingerprint density at radius 1 is 0.882 bits per heavy atom. The normalized spacial score (nSPS) is 29.1. The largest absolute Gasteiger partial charge is 0.455 e. The quantitative estimate of drug-likeness (QED) is 0.612. The first-order valence-electron chi connectivity index (χ1n) is 11.3. The van der Waals surface area contributed by atoms with Crippen molar-refractivity contribution in [1.29, 1.82) is 0 Å². The van der Waals surface area contributed by atoms with Gasteiger partial charge in [0.2, 0.25) is 0 Å². The van der Waals surface area contributed by atoms with E-state index in [1.807, 2.05) is 30.3 Å². The third-order valence-electron chi connectivity index (χ3n) is 5.70. The maximum absolute atomic E-state index is 12.9. The minimum absolute atomic E-state index is 0.188. The lowest BCUT2D eigenvalue weighted by Crippen LogP contribution is -2.64. The molecule has 0 amide bonds. The molecular formula is C26H30O8. The van der Waals surface area contributed by atoms with E-state index in [2.05, 4.69) is 0 Å². The predicted octanol–water partition coefficient (Wildman–Crippen LogP) is 3.66. The van der Waals surface area contributed by atoms with Crippen LogP contribution in [0, 0.1) is 5.41 Å². The molecule has 34 heavy (non-hydrogen) atoms. The molecule has 182 valence electrons. The number of benzene rings is 2. The fourth-order valence-electron chi connectivity index (χ4n) is 3.84. The smallest absolute Gasteiger partial charge is 0.338 e. The molecule has 0 bridgehead atoms. The minimum atomic E-state index is -1.06. The fraction of sp³-hybridized carbons (Fsp3) is 0.462. The number of methoxy groups -OCH3 is 1. The summed E-state index contributed by atoms with van der Waals surface area (Å²) in [5, 5.41) is 0. The van der Waals surface area contributed by atoms with Crippen LogP contribution in [0.3, 0.4) is 0 Å². The zero-order chi connectivity index (χ0) is 24.3. The molecule has 0 aromatic heterocycles. The van der Waals surface area contributed by atoms with Gasteiger partial charge < -0.3 is 28.4 Å². The zero-order valence-corrected chi connectivity index (χ0v) is 19.7. The van der Waals surface area contributed by atoms with Crippen molar-refractivity contribution in [2.24, 2.45) is 5.41 Å². The Bertz CT molecular complexity index is 971. The Balaban J connectivity index is 1.64. The Kier molecular flexibility index (Phi) is 7.33. The molecule has 8 nitrogen and oxygen atoms in total. The molecule has 2 fully saturated rings. The van der Waals surface area contributed by atoms with Crippen molar-refractivity contribution in [3.05, 3.63) is 71.8 Å². The SMILES string of the molecule is CO[C@H]1O[C@@H]2COC(c3ccccc3)O[C@H]2[C@H](OC(=O)C(C)(C)C)[C@H]1OC(=O)c1ccccc1. The highest BCUT2D eigenvalue weighted by atomic mass is 16.8. The lowest BCUT2D eigenvalue weighted by atomic mass is 9.94. The van der Waals surface area contributed by atoms with E-state index in [0.29, 0.717) is 5.56 Å². The summed E-state index contributed by atoms with van der Waals surface area (Å²) < 4.78 is 35.4. The van der Waals surface area contributed by atoms with E-state index < -0.39 is 54.3 Å². The summed E-state index contributed by atoms with van der Waals surface area (Å²) in [6.07, 6.45) is -5.03.